The van der Waals surface area contributed by atoms with E-state index in [1.54, 1.807) is 6.07 Å². The maximum absolute atomic E-state index is 7.13. The van der Waals surface area contributed by atoms with Crippen molar-refractivity contribution in [1.82, 2.24) is 24.7 Å². The SMILES string of the molecule is CCNc1c(Cl)c(C)c(-c2ccc(N)cc2)c(OCC)c1C(C)n1nc(-c2ccc3oc(N)nc3c2)c2c(N)ncnc21. The van der Waals surface area contributed by atoms with Crippen molar-refractivity contribution in [2.75, 3.05) is 35.7 Å². The van der Waals surface area contributed by atoms with E-state index < -0.39 is 6.04 Å². The van der Waals surface area contributed by atoms with Crippen LogP contribution in [-0.4, -0.2) is 37.9 Å². The molecule has 1 atom stereocenters. The van der Waals surface area contributed by atoms with Crippen LogP contribution in [0.5, 0.6) is 5.75 Å². The number of nitrogens with zero attached hydrogens (tertiary/aromatic N) is 5. The highest BCUT2D eigenvalue weighted by atomic mass is 35.5. The number of oxazole rings is 1. The minimum absolute atomic E-state index is 0.0894. The van der Waals surface area contributed by atoms with Crippen LogP contribution >= 0.6 is 11.6 Å². The summed E-state index contributed by atoms with van der Waals surface area (Å²) in [5.74, 6) is 1.00. The van der Waals surface area contributed by atoms with Crippen molar-refractivity contribution in [3.05, 3.63) is 64.9 Å². The molecule has 0 saturated heterocycles. The first-order chi connectivity index (χ1) is 20.7. The molecule has 3 aromatic carbocycles. The first-order valence-corrected chi connectivity index (χ1v) is 14.3. The lowest BCUT2D eigenvalue weighted by Crippen LogP contribution is -2.16. The fourth-order valence-corrected chi connectivity index (χ4v) is 5.82. The second-order valence-corrected chi connectivity index (χ2v) is 10.6. The molecule has 0 aliphatic heterocycles. The molecule has 1 unspecified atom stereocenters. The average molecular weight is 598 g/mol. The average Bonchev–Trinajstić information content (AvgIpc) is 3.57. The van der Waals surface area contributed by atoms with Crippen LogP contribution in [0.2, 0.25) is 5.02 Å². The number of halogens is 1. The van der Waals surface area contributed by atoms with E-state index in [1.807, 2.05) is 68.8 Å². The molecule has 11 nitrogen and oxygen atoms in total. The lowest BCUT2D eigenvalue weighted by atomic mass is 9.92. The zero-order valence-corrected chi connectivity index (χ0v) is 25.0. The summed E-state index contributed by atoms with van der Waals surface area (Å²) in [6, 6.07) is 12.9. The Hall–Kier alpha value is -5.03. The summed E-state index contributed by atoms with van der Waals surface area (Å²) in [6.07, 6.45) is 1.43. The Labute approximate surface area is 253 Å². The first-order valence-electron chi connectivity index (χ1n) is 14.0. The third-order valence-corrected chi connectivity index (χ3v) is 7.96. The second kappa shape index (κ2) is 11.0. The van der Waals surface area contributed by atoms with Gasteiger partial charge in [-0.05, 0) is 69.2 Å². The maximum Gasteiger partial charge on any atom is 0.292 e. The Morgan fingerprint density at radius 2 is 1.79 bits per heavy atom. The number of nitrogens with two attached hydrogens (primary N) is 3. The summed E-state index contributed by atoms with van der Waals surface area (Å²) >= 11 is 7.13. The molecule has 0 spiro atoms. The fourth-order valence-electron chi connectivity index (χ4n) is 5.56. The summed E-state index contributed by atoms with van der Waals surface area (Å²) in [7, 11) is 0. The van der Waals surface area contributed by atoms with E-state index in [9.17, 15) is 0 Å². The van der Waals surface area contributed by atoms with Gasteiger partial charge in [-0.25, -0.2) is 14.6 Å². The van der Waals surface area contributed by atoms with Crippen molar-refractivity contribution in [2.24, 2.45) is 0 Å². The van der Waals surface area contributed by atoms with Gasteiger partial charge >= 0.3 is 0 Å². The number of hydrogen-bond donors (Lipinski definition) is 4. The van der Waals surface area contributed by atoms with Crippen molar-refractivity contribution in [3.63, 3.8) is 0 Å². The Kier molecular flexibility index (Phi) is 7.18. The molecular formula is C31H32ClN9O2. The third kappa shape index (κ3) is 4.71. The first kappa shape index (κ1) is 28.1. The Morgan fingerprint density at radius 1 is 1.05 bits per heavy atom. The Bertz CT molecular complexity index is 1980. The van der Waals surface area contributed by atoms with Crippen molar-refractivity contribution in [1.29, 1.82) is 0 Å². The zero-order chi connectivity index (χ0) is 30.4. The Balaban J connectivity index is 1.63. The zero-order valence-electron chi connectivity index (χ0n) is 24.3. The van der Waals surface area contributed by atoms with E-state index in [4.69, 9.17) is 43.1 Å². The minimum Gasteiger partial charge on any atom is -0.493 e. The van der Waals surface area contributed by atoms with Crippen molar-refractivity contribution < 1.29 is 9.15 Å². The normalized spacial score (nSPS) is 12.2. The van der Waals surface area contributed by atoms with Gasteiger partial charge in [0.15, 0.2) is 11.2 Å². The molecule has 0 aliphatic carbocycles. The van der Waals surface area contributed by atoms with Crippen LogP contribution in [0.4, 0.5) is 23.2 Å². The van der Waals surface area contributed by atoms with Crippen molar-refractivity contribution in [2.45, 2.75) is 33.7 Å². The van der Waals surface area contributed by atoms with Gasteiger partial charge in [0.2, 0.25) is 0 Å². The summed E-state index contributed by atoms with van der Waals surface area (Å²) in [5.41, 5.74) is 26.3. The summed E-state index contributed by atoms with van der Waals surface area (Å²) < 4.78 is 13.7. The minimum atomic E-state index is -0.404. The van der Waals surface area contributed by atoms with Crippen LogP contribution in [0.25, 0.3) is 44.5 Å². The molecule has 43 heavy (non-hydrogen) atoms. The number of ether oxygens (including phenoxy) is 1. The molecule has 0 fully saturated rings. The van der Waals surface area contributed by atoms with Gasteiger partial charge in [0.25, 0.3) is 6.01 Å². The highest BCUT2D eigenvalue weighted by molar-refractivity contribution is 6.35. The predicted octanol–water partition coefficient (Wildman–Crippen LogP) is 6.45. The number of nitrogen functional groups attached to an aromatic ring is 3. The van der Waals surface area contributed by atoms with Gasteiger partial charge in [0.1, 0.15) is 29.1 Å². The molecule has 220 valence electrons. The second-order valence-electron chi connectivity index (χ2n) is 10.2. The molecule has 7 N–H and O–H groups in total. The van der Waals surface area contributed by atoms with Crippen LogP contribution in [0.3, 0.4) is 0 Å². The van der Waals surface area contributed by atoms with Crippen LogP contribution in [0.1, 0.15) is 37.9 Å². The molecule has 0 amide bonds. The van der Waals surface area contributed by atoms with E-state index in [0.717, 1.165) is 33.5 Å². The molecule has 6 aromatic rings. The molecular weight excluding hydrogens is 566 g/mol. The number of fused-ring (bicyclic) bond motifs is 2. The van der Waals surface area contributed by atoms with E-state index in [0.29, 0.717) is 63.3 Å². The van der Waals surface area contributed by atoms with Gasteiger partial charge < -0.3 is 31.7 Å². The number of rotatable bonds is 8. The Morgan fingerprint density at radius 3 is 2.51 bits per heavy atom. The lowest BCUT2D eigenvalue weighted by molar-refractivity contribution is 0.334. The maximum atomic E-state index is 7.13. The standard InChI is InChI=1S/C31H32ClN9O2/c1-5-36-27-23(28(42-6-2)22(15(3)25(27)32)17-7-10-19(33)11-8-17)16(4)41-30-24(29(34)37-14-38-30)26(40-41)18-9-12-21-20(13-18)39-31(35)43-21/h7-14,16,36H,5-6,33H2,1-4H3,(H2,35,39)(H2,34,37,38). The van der Waals surface area contributed by atoms with Gasteiger partial charge in [0.05, 0.1) is 28.7 Å². The highest BCUT2D eigenvalue weighted by Crippen LogP contribution is 2.49. The van der Waals surface area contributed by atoms with Gasteiger partial charge in [-0.15, -0.1) is 0 Å². The summed E-state index contributed by atoms with van der Waals surface area (Å²) in [4.78, 5) is 13.2. The number of anilines is 4. The van der Waals surface area contributed by atoms with Crippen molar-refractivity contribution in [3.8, 4) is 28.1 Å². The van der Waals surface area contributed by atoms with E-state index in [2.05, 4.69) is 20.3 Å². The van der Waals surface area contributed by atoms with Crippen molar-refractivity contribution >= 4 is 56.9 Å². The summed E-state index contributed by atoms with van der Waals surface area (Å²) in [6.45, 7) is 9.10. The molecule has 0 aliphatic rings. The number of nitrogens with one attached hydrogen (secondary N) is 1. The lowest BCUT2D eigenvalue weighted by Gasteiger charge is -2.27. The molecule has 12 heteroatoms. The van der Waals surface area contributed by atoms with Crippen LogP contribution in [0.15, 0.2) is 53.2 Å². The molecule has 6 rings (SSSR count). The number of aromatic nitrogens is 5. The largest absolute Gasteiger partial charge is 0.493 e. The smallest absolute Gasteiger partial charge is 0.292 e. The molecule has 0 radical (unpaired) electrons. The molecule has 3 aromatic heterocycles. The van der Waals surface area contributed by atoms with E-state index >= 15 is 0 Å². The molecule has 0 bridgehead atoms. The predicted molar refractivity (Wildman–Crippen MR) is 172 cm³/mol. The van der Waals surface area contributed by atoms with Gasteiger partial charge in [0, 0.05) is 28.9 Å². The van der Waals surface area contributed by atoms with Crippen LogP contribution < -0.4 is 27.3 Å². The fraction of sp³-hybridized carbons (Fsp3) is 0.226. The van der Waals surface area contributed by atoms with Crippen LogP contribution in [-0.2, 0) is 0 Å². The number of benzene rings is 3. The van der Waals surface area contributed by atoms with Gasteiger partial charge in [-0.2, -0.15) is 10.1 Å². The third-order valence-electron chi connectivity index (χ3n) is 7.49. The molecule has 3 heterocycles. The quantitative estimate of drug-likeness (QED) is 0.143. The monoisotopic (exact) mass is 597 g/mol. The van der Waals surface area contributed by atoms with E-state index in [-0.39, 0.29) is 6.01 Å². The van der Waals surface area contributed by atoms with Crippen LogP contribution in [0, 0.1) is 6.92 Å². The topological polar surface area (TPSA) is 169 Å². The van der Waals surface area contributed by atoms with E-state index in [1.165, 1.54) is 6.33 Å². The van der Waals surface area contributed by atoms with Gasteiger partial charge in [-0.1, -0.05) is 23.7 Å². The summed E-state index contributed by atoms with van der Waals surface area (Å²) in [5, 5.41) is 9.77. The highest BCUT2D eigenvalue weighted by Gasteiger charge is 2.30. The number of hydrogen-bond acceptors (Lipinski definition) is 10. The van der Waals surface area contributed by atoms with Gasteiger partial charge in [-0.3, -0.25) is 0 Å². The molecule has 0 saturated carbocycles.